The third-order valence-corrected chi connectivity index (χ3v) is 2.89. The SMILES string of the molecule is COC(=O)/C(C)=C(/C)C(=O)/C=C(\C)CCC=C(C)C. The van der Waals surface area contributed by atoms with Gasteiger partial charge in [-0.05, 0) is 53.5 Å². The fourth-order valence-corrected chi connectivity index (χ4v) is 1.48. The predicted octanol–water partition coefficient (Wildman–Crippen LogP) is 3.76. The van der Waals surface area contributed by atoms with Crippen LogP contribution in [0, 0.1) is 0 Å². The van der Waals surface area contributed by atoms with Gasteiger partial charge in [0.2, 0.25) is 0 Å². The molecule has 19 heavy (non-hydrogen) atoms. The van der Waals surface area contributed by atoms with Crippen molar-refractivity contribution in [2.24, 2.45) is 0 Å². The summed E-state index contributed by atoms with van der Waals surface area (Å²) in [5, 5.41) is 0. The summed E-state index contributed by atoms with van der Waals surface area (Å²) in [6, 6.07) is 0. The maximum Gasteiger partial charge on any atom is 0.333 e. The first-order chi connectivity index (χ1) is 8.79. The third-order valence-electron chi connectivity index (χ3n) is 2.89. The van der Waals surface area contributed by atoms with E-state index in [1.54, 1.807) is 19.9 Å². The third kappa shape index (κ3) is 6.75. The van der Waals surface area contributed by atoms with Crippen molar-refractivity contribution in [2.75, 3.05) is 7.11 Å². The van der Waals surface area contributed by atoms with Crippen LogP contribution in [-0.2, 0) is 14.3 Å². The molecule has 0 aliphatic rings. The molecule has 0 N–H and O–H groups in total. The van der Waals surface area contributed by atoms with E-state index >= 15 is 0 Å². The molecule has 0 radical (unpaired) electrons. The lowest BCUT2D eigenvalue weighted by Gasteiger charge is -2.04. The quantitative estimate of drug-likeness (QED) is 0.417. The molecule has 3 heteroatoms. The summed E-state index contributed by atoms with van der Waals surface area (Å²) in [4.78, 5) is 23.3. The zero-order valence-corrected chi connectivity index (χ0v) is 12.8. The zero-order chi connectivity index (χ0) is 15.0. The second-order valence-corrected chi connectivity index (χ2v) is 4.92. The molecule has 0 aromatic rings. The zero-order valence-electron chi connectivity index (χ0n) is 12.8. The van der Waals surface area contributed by atoms with E-state index < -0.39 is 5.97 Å². The molecule has 0 aliphatic carbocycles. The first-order valence-corrected chi connectivity index (χ1v) is 6.40. The number of hydrogen-bond donors (Lipinski definition) is 0. The van der Waals surface area contributed by atoms with Crippen LogP contribution < -0.4 is 0 Å². The van der Waals surface area contributed by atoms with Crippen molar-refractivity contribution >= 4 is 11.8 Å². The fourth-order valence-electron chi connectivity index (χ4n) is 1.48. The van der Waals surface area contributed by atoms with Gasteiger partial charge in [0, 0.05) is 11.1 Å². The average Bonchev–Trinajstić information content (AvgIpc) is 2.35. The van der Waals surface area contributed by atoms with E-state index in [1.807, 2.05) is 6.92 Å². The van der Waals surface area contributed by atoms with Crippen molar-refractivity contribution in [3.8, 4) is 0 Å². The van der Waals surface area contributed by atoms with Crippen molar-refractivity contribution in [3.63, 3.8) is 0 Å². The summed E-state index contributed by atoms with van der Waals surface area (Å²) in [5.41, 5.74) is 3.09. The molecule has 0 aromatic heterocycles. The van der Waals surface area contributed by atoms with Crippen LogP contribution in [-0.4, -0.2) is 18.9 Å². The van der Waals surface area contributed by atoms with Gasteiger partial charge >= 0.3 is 5.97 Å². The first-order valence-electron chi connectivity index (χ1n) is 6.40. The number of esters is 1. The molecule has 0 aliphatic heterocycles. The Balaban J connectivity index is 4.75. The number of rotatable bonds is 6. The molecule has 0 bridgehead atoms. The topological polar surface area (TPSA) is 43.4 Å². The number of methoxy groups -OCH3 is 1. The Morgan fingerprint density at radius 2 is 1.58 bits per heavy atom. The van der Waals surface area contributed by atoms with Gasteiger partial charge in [0.25, 0.3) is 0 Å². The lowest BCUT2D eigenvalue weighted by atomic mass is 10.0. The van der Waals surface area contributed by atoms with Gasteiger partial charge in [-0.15, -0.1) is 0 Å². The molecular weight excluding hydrogens is 240 g/mol. The maximum atomic E-state index is 12.0. The molecule has 0 amide bonds. The molecule has 0 atom stereocenters. The number of ether oxygens (including phenoxy) is 1. The Labute approximate surface area is 116 Å². The van der Waals surface area contributed by atoms with E-state index in [4.69, 9.17) is 0 Å². The van der Waals surface area contributed by atoms with Crippen LogP contribution in [0.25, 0.3) is 0 Å². The summed E-state index contributed by atoms with van der Waals surface area (Å²) in [6.07, 6.45) is 5.52. The van der Waals surface area contributed by atoms with Crippen molar-refractivity contribution in [1.82, 2.24) is 0 Å². The summed E-state index contributed by atoms with van der Waals surface area (Å²) in [5.74, 6) is -0.584. The van der Waals surface area contributed by atoms with E-state index in [1.165, 1.54) is 12.7 Å². The van der Waals surface area contributed by atoms with Crippen LogP contribution in [0.1, 0.15) is 47.5 Å². The minimum absolute atomic E-state index is 0.127. The van der Waals surface area contributed by atoms with Gasteiger partial charge in [-0.3, -0.25) is 4.79 Å². The summed E-state index contributed by atoms with van der Waals surface area (Å²) >= 11 is 0. The van der Waals surface area contributed by atoms with E-state index in [-0.39, 0.29) is 5.78 Å². The van der Waals surface area contributed by atoms with Crippen LogP contribution in [0.3, 0.4) is 0 Å². The molecule has 0 fully saturated rings. The smallest absolute Gasteiger partial charge is 0.333 e. The minimum atomic E-state index is -0.457. The second kappa shape index (κ2) is 8.46. The highest BCUT2D eigenvalue weighted by Gasteiger charge is 2.12. The van der Waals surface area contributed by atoms with Gasteiger partial charge in [0.05, 0.1) is 7.11 Å². The standard InChI is InChI=1S/C16H24O3/c1-11(2)8-7-9-12(3)10-15(17)13(4)14(5)16(18)19-6/h8,10H,7,9H2,1-6H3/b12-10+,14-13-. The average molecular weight is 264 g/mol. The van der Waals surface area contributed by atoms with Crippen LogP contribution in [0.4, 0.5) is 0 Å². The molecule has 0 saturated carbocycles. The van der Waals surface area contributed by atoms with Gasteiger partial charge in [-0.2, -0.15) is 0 Å². The van der Waals surface area contributed by atoms with Gasteiger partial charge < -0.3 is 4.74 Å². The number of hydrogen-bond acceptors (Lipinski definition) is 3. The second-order valence-electron chi connectivity index (χ2n) is 4.92. The van der Waals surface area contributed by atoms with Crippen molar-refractivity contribution < 1.29 is 14.3 Å². The highest BCUT2D eigenvalue weighted by Crippen LogP contribution is 2.11. The van der Waals surface area contributed by atoms with Crippen LogP contribution in [0.2, 0.25) is 0 Å². The van der Waals surface area contributed by atoms with E-state index in [9.17, 15) is 9.59 Å². The monoisotopic (exact) mass is 264 g/mol. The molecule has 0 unspecified atom stereocenters. The number of ketones is 1. The van der Waals surface area contributed by atoms with Crippen LogP contribution in [0.15, 0.2) is 34.4 Å². The summed E-state index contributed by atoms with van der Waals surface area (Å²) in [6.45, 7) is 9.28. The van der Waals surface area contributed by atoms with E-state index in [0.29, 0.717) is 11.1 Å². The highest BCUT2D eigenvalue weighted by atomic mass is 16.5. The van der Waals surface area contributed by atoms with Crippen molar-refractivity contribution in [1.29, 1.82) is 0 Å². The van der Waals surface area contributed by atoms with Gasteiger partial charge in [-0.25, -0.2) is 4.79 Å². The number of allylic oxidation sites excluding steroid dienone is 5. The Morgan fingerprint density at radius 3 is 2.05 bits per heavy atom. The molecule has 0 heterocycles. The molecule has 0 spiro atoms. The van der Waals surface area contributed by atoms with E-state index in [2.05, 4.69) is 24.7 Å². The maximum absolute atomic E-state index is 12.0. The molecule has 106 valence electrons. The first kappa shape index (κ1) is 17.4. The Kier molecular flexibility index (Phi) is 7.73. The summed E-state index contributed by atoms with van der Waals surface area (Å²) in [7, 11) is 1.31. The van der Waals surface area contributed by atoms with E-state index in [0.717, 1.165) is 18.4 Å². The molecule has 3 nitrogen and oxygen atoms in total. The lowest BCUT2D eigenvalue weighted by molar-refractivity contribution is -0.136. The van der Waals surface area contributed by atoms with Gasteiger partial charge in [0.1, 0.15) is 0 Å². The van der Waals surface area contributed by atoms with Gasteiger partial charge in [0.15, 0.2) is 5.78 Å². The van der Waals surface area contributed by atoms with Crippen molar-refractivity contribution in [2.45, 2.75) is 47.5 Å². The Hall–Kier alpha value is -1.64. The normalized spacial score (nSPS) is 12.6. The van der Waals surface area contributed by atoms with Crippen LogP contribution >= 0.6 is 0 Å². The number of carbonyl (C=O) groups is 2. The largest absolute Gasteiger partial charge is 0.466 e. The Bertz CT molecular complexity index is 433. The van der Waals surface area contributed by atoms with Gasteiger partial charge in [-0.1, -0.05) is 17.2 Å². The predicted molar refractivity (Wildman–Crippen MR) is 77.8 cm³/mol. The molecular formula is C16H24O3. The molecule has 0 rings (SSSR count). The minimum Gasteiger partial charge on any atom is -0.466 e. The lowest BCUT2D eigenvalue weighted by Crippen LogP contribution is -2.08. The number of carbonyl (C=O) groups excluding carboxylic acids is 2. The summed E-state index contributed by atoms with van der Waals surface area (Å²) < 4.78 is 4.60. The fraction of sp³-hybridized carbons (Fsp3) is 0.500. The molecule has 0 aromatic carbocycles. The Morgan fingerprint density at radius 1 is 1.00 bits per heavy atom. The van der Waals surface area contributed by atoms with Crippen molar-refractivity contribution in [3.05, 3.63) is 34.4 Å². The highest BCUT2D eigenvalue weighted by molar-refractivity contribution is 6.08. The molecule has 0 saturated heterocycles. The van der Waals surface area contributed by atoms with Crippen LogP contribution in [0.5, 0.6) is 0 Å².